The molecule has 0 saturated carbocycles. The number of thiocarbonyl (C=S) groups is 1. The van der Waals surface area contributed by atoms with E-state index in [2.05, 4.69) is 26.6 Å². The molecular weight excluding hydrogens is 432 g/mol. The Labute approximate surface area is 171 Å². The maximum Gasteiger partial charge on any atom is 0.175 e. The van der Waals surface area contributed by atoms with E-state index in [0.29, 0.717) is 16.7 Å². The Morgan fingerprint density at radius 1 is 0.962 bits per heavy atom. The predicted molar refractivity (Wildman–Crippen MR) is 116 cm³/mol. The Morgan fingerprint density at radius 3 is 2.38 bits per heavy atom. The molecule has 26 heavy (non-hydrogen) atoms. The normalized spacial score (nSPS) is 10.2. The number of halogens is 2. The summed E-state index contributed by atoms with van der Waals surface area (Å²) < 4.78 is 6.69. The zero-order valence-corrected chi connectivity index (χ0v) is 16.9. The molecular formula is C20H16BrClN2OS. The van der Waals surface area contributed by atoms with Crippen LogP contribution in [0, 0.1) is 0 Å². The van der Waals surface area contributed by atoms with Crippen LogP contribution < -0.4 is 15.4 Å². The zero-order valence-electron chi connectivity index (χ0n) is 13.7. The van der Waals surface area contributed by atoms with Gasteiger partial charge < -0.3 is 15.4 Å². The number of ether oxygens (including phenoxy) is 1. The van der Waals surface area contributed by atoms with E-state index in [0.717, 1.165) is 27.2 Å². The largest absolute Gasteiger partial charge is 0.489 e. The van der Waals surface area contributed by atoms with Crippen molar-refractivity contribution in [2.75, 3.05) is 10.6 Å². The summed E-state index contributed by atoms with van der Waals surface area (Å²) in [5.74, 6) is 0.800. The first-order chi connectivity index (χ1) is 12.6. The topological polar surface area (TPSA) is 33.3 Å². The molecule has 2 N–H and O–H groups in total. The highest BCUT2D eigenvalue weighted by Gasteiger charge is 2.04. The second-order valence-electron chi connectivity index (χ2n) is 5.50. The molecule has 0 atom stereocenters. The van der Waals surface area contributed by atoms with Crippen molar-refractivity contribution in [3.63, 3.8) is 0 Å². The van der Waals surface area contributed by atoms with Gasteiger partial charge in [0.1, 0.15) is 12.4 Å². The lowest BCUT2D eigenvalue weighted by atomic mass is 10.2. The van der Waals surface area contributed by atoms with Crippen molar-refractivity contribution >= 4 is 56.2 Å². The van der Waals surface area contributed by atoms with Gasteiger partial charge in [0.05, 0.1) is 10.7 Å². The highest BCUT2D eigenvalue weighted by Crippen LogP contribution is 2.26. The van der Waals surface area contributed by atoms with E-state index in [1.807, 2.05) is 72.8 Å². The van der Waals surface area contributed by atoms with Gasteiger partial charge in [-0.1, -0.05) is 57.9 Å². The molecule has 3 aromatic carbocycles. The Kier molecular flexibility index (Phi) is 6.50. The van der Waals surface area contributed by atoms with Crippen LogP contribution >= 0.6 is 39.7 Å². The van der Waals surface area contributed by atoms with Gasteiger partial charge in [-0.15, -0.1) is 0 Å². The molecule has 0 bridgehead atoms. The number of nitrogens with one attached hydrogen (secondary N) is 2. The molecule has 6 heteroatoms. The van der Waals surface area contributed by atoms with Gasteiger partial charge in [-0.25, -0.2) is 0 Å². The molecule has 0 fully saturated rings. The Balaban J connectivity index is 1.54. The molecule has 132 valence electrons. The highest BCUT2D eigenvalue weighted by atomic mass is 79.9. The van der Waals surface area contributed by atoms with Crippen LogP contribution in [0.2, 0.25) is 5.02 Å². The van der Waals surface area contributed by atoms with Crippen molar-refractivity contribution in [1.82, 2.24) is 0 Å². The molecule has 0 spiro atoms. The summed E-state index contributed by atoms with van der Waals surface area (Å²) in [6.07, 6.45) is 0. The van der Waals surface area contributed by atoms with E-state index in [9.17, 15) is 0 Å². The van der Waals surface area contributed by atoms with E-state index in [1.165, 1.54) is 0 Å². The fourth-order valence-corrected chi connectivity index (χ4v) is 3.20. The summed E-state index contributed by atoms with van der Waals surface area (Å²) in [4.78, 5) is 0. The SMILES string of the molecule is S=C(Nc1ccc(OCc2ccccc2)cc1)Nc1ccc(Br)cc1Cl. The molecule has 0 amide bonds. The summed E-state index contributed by atoms with van der Waals surface area (Å²) in [6.45, 7) is 0.537. The molecule has 0 heterocycles. The zero-order chi connectivity index (χ0) is 18.4. The molecule has 0 aliphatic rings. The molecule has 0 aromatic heterocycles. The molecule has 0 saturated heterocycles. The van der Waals surface area contributed by atoms with Gasteiger partial charge in [0.25, 0.3) is 0 Å². The minimum atomic E-state index is 0.465. The molecule has 3 nitrogen and oxygen atoms in total. The average Bonchev–Trinajstić information content (AvgIpc) is 2.64. The Morgan fingerprint density at radius 2 is 1.69 bits per heavy atom. The van der Waals surface area contributed by atoms with E-state index in [1.54, 1.807) is 0 Å². The van der Waals surface area contributed by atoms with Gasteiger partial charge >= 0.3 is 0 Å². The molecule has 3 rings (SSSR count). The smallest absolute Gasteiger partial charge is 0.175 e. The maximum atomic E-state index is 6.19. The summed E-state index contributed by atoms with van der Waals surface area (Å²) in [5, 5.41) is 7.27. The third kappa shape index (κ3) is 5.46. The van der Waals surface area contributed by atoms with Gasteiger partial charge in [0.2, 0.25) is 0 Å². The number of hydrogen-bond acceptors (Lipinski definition) is 2. The second-order valence-corrected chi connectivity index (χ2v) is 7.23. The van der Waals surface area contributed by atoms with Crippen molar-refractivity contribution in [2.24, 2.45) is 0 Å². The van der Waals surface area contributed by atoms with Crippen LogP contribution in [-0.2, 0) is 6.61 Å². The minimum Gasteiger partial charge on any atom is -0.489 e. The van der Waals surface area contributed by atoms with Crippen molar-refractivity contribution < 1.29 is 4.74 Å². The van der Waals surface area contributed by atoms with Crippen molar-refractivity contribution in [3.8, 4) is 5.75 Å². The van der Waals surface area contributed by atoms with Crippen LogP contribution in [0.4, 0.5) is 11.4 Å². The van der Waals surface area contributed by atoms with E-state index in [4.69, 9.17) is 28.6 Å². The monoisotopic (exact) mass is 446 g/mol. The first-order valence-corrected chi connectivity index (χ1v) is 9.48. The van der Waals surface area contributed by atoms with Crippen molar-refractivity contribution in [3.05, 3.63) is 87.9 Å². The van der Waals surface area contributed by atoms with Crippen LogP contribution in [0.3, 0.4) is 0 Å². The van der Waals surface area contributed by atoms with Gasteiger partial charge in [-0.3, -0.25) is 0 Å². The van der Waals surface area contributed by atoms with Crippen LogP contribution in [0.5, 0.6) is 5.75 Å². The fourth-order valence-electron chi connectivity index (χ4n) is 2.25. The van der Waals surface area contributed by atoms with Gasteiger partial charge in [-0.2, -0.15) is 0 Å². The lowest BCUT2D eigenvalue weighted by Crippen LogP contribution is -2.19. The van der Waals surface area contributed by atoms with Crippen LogP contribution in [0.15, 0.2) is 77.3 Å². The Hall–Kier alpha value is -2.08. The first-order valence-electron chi connectivity index (χ1n) is 7.90. The average molecular weight is 448 g/mol. The van der Waals surface area contributed by atoms with E-state index in [-0.39, 0.29) is 0 Å². The summed E-state index contributed by atoms with van der Waals surface area (Å²) in [5.41, 5.74) is 2.74. The number of benzene rings is 3. The standard InChI is InChI=1S/C20H16BrClN2OS/c21-15-6-11-19(18(22)12-15)24-20(26)23-16-7-9-17(10-8-16)25-13-14-4-2-1-3-5-14/h1-12H,13H2,(H2,23,24,26). The number of hydrogen-bond donors (Lipinski definition) is 2. The molecule has 0 aliphatic heterocycles. The third-order valence-electron chi connectivity index (χ3n) is 3.54. The fraction of sp³-hybridized carbons (Fsp3) is 0.0500. The van der Waals surface area contributed by atoms with Gasteiger partial charge in [0.15, 0.2) is 5.11 Å². The van der Waals surface area contributed by atoms with Crippen LogP contribution in [0.1, 0.15) is 5.56 Å². The lowest BCUT2D eigenvalue weighted by molar-refractivity contribution is 0.306. The van der Waals surface area contributed by atoms with Crippen LogP contribution in [0.25, 0.3) is 0 Å². The van der Waals surface area contributed by atoms with E-state index >= 15 is 0 Å². The van der Waals surface area contributed by atoms with Crippen LogP contribution in [-0.4, -0.2) is 5.11 Å². The molecule has 3 aromatic rings. The molecule has 0 radical (unpaired) electrons. The second kappa shape index (κ2) is 9.03. The van der Waals surface area contributed by atoms with Gasteiger partial charge in [-0.05, 0) is 60.2 Å². The number of rotatable bonds is 5. The predicted octanol–water partition coefficient (Wildman–Crippen LogP) is 6.49. The summed E-state index contributed by atoms with van der Waals surface area (Å²) in [7, 11) is 0. The van der Waals surface area contributed by atoms with Gasteiger partial charge in [0, 0.05) is 10.2 Å². The van der Waals surface area contributed by atoms with E-state index < -0.39 is 0 Å². The third-order valence-corrected chi connectivity index (χ3v) is 4.55. The molecule has 0 aliphatic carbocycles. The van der Waals surface area contributed by atoms with Crippen molar-refractivity contribution in [1.29, 1.82) is 0 Å². The maximum absolute atomic E-state index is 6.19. The highest BCUT2D eigenvalue weighted by molar-refractivity contribution is 9.10. The molecule has 0 unspecified atom stereocenters. The minimum absolute atomic E-state index is 0.465. The summed E-state index contributed by atoms with van der Waals surface area (Å²) in [6, 6.07) is 23.3. The quantitative estimate of drug-likeness (QED) is 0.438. The first kappa shape index (κ1) is 18.7. The Bertz CT molecular complexity index is 888. The lowest BCUT2D eigenvalue weighted by Gasteiger charge is -2.12. The number of anilines is 2. The summed E-state index contributed by atoms with van der Waals surface area (Å²) >= 11 is 14.9. The van der Waals surface area contributed by atoms with Crippen molar-refractivity contribution in [2.45, 2.75) is 6.61 Å².